The smallest absolute Gasteiger partial charge is 0.192 e. The van der Waals surface area contributed by atoms with Crippen LogP contribution < -0.4 is 0 Å². The minimum Gasteiger partial charge on any atom is -0.414 e. The van der Waals surface area contributed by atoms with Crippen molar-refractivity contribution in [2.24, 2.45) is 17.8 Å². The van der Waals surface area contributed by atoms with Gasteiger partial charge in [-0.05, 0) is 36.4 Å². The molecule has 2 aliphatic carbocycles. The zero-order valence-electron chi connectivity index (χ0n) is 14.7. The molecule has 0 aromatic heterocycles. The van der Waals surface area contributed by atoms with Crippen LogP contribution >= 0.6 is 0 Å². The molecule has 2 saturated carbocycles. The summed E-state index contributed by atoms with van der Waals surface area (Å²) in [5.41, 5.74) is 0. The Morgan fingerprint density at radius 2 is 1.82 bits per heavy atom. The lowest BCUT2D eigenvalue weighted by atomic mass is 9.92. The number of hydrogen-bond donors (Lipinski definition) is 1. The first-order valence-corrected chi connectivity index (χ1v) is 11.6. The van der Waals surface area contributed by atoms with Gasteiger partial charge in [-0.2, -0.15) is 0 Å². The molecule has 4 nitrogen and oxygen atoms in total. The highest BCUT2D eigenvalue weighted by Gasteiger charge is 2.57. The van der Waals surface area contributed by atoms with Gasteiger partial charge in [0.25, 0.3) is 0 Å². The summed E-state index contributed by atoms with van der Waals surface area (Å²) < 4.78 is 18.4. The molecular formula is C17H32O4Si. The second kappa shape index (κ2) is 5.55. The van der Waals surface area contributed by atoms with E-state index in [-0.39, 0.29) is 29.5 Å². The lowest BCUT2D eigenvalue weighted by molar-refractivity contribution is -0.158. The second-order valence-electron chi connectivity index (χ2n) is 8.94. The third-order valence-electron chi connectivity index (χ3n) is 6.56. The van der Waals surface area contributed by atoms with E-state index in [2.05, 4.69) is 33.9 Å². The summed E-state index contributed by atoms with van der Waals surface area (Å²) in [6.07, 6.45) is 3.17. The lowest BCUT2D eigenvalue weighted by Gasteiger charge is -2.40. The van der Waals surface area contributed by atoms with E-state index >= 15 is 0 Å². The van der Waals surface area contributed by atoms with E-state index < -0.39 is 8.32 Å². The fraction of sp³-hybridized carbons (Fsp3) is 1.00. The van der Waals surface area contributed by atoms with Crippen molar-refractivity contribution < 1.29 is 19.0 Å². The van der Waals surface area contributed by atoms with Crippen LogP contribution in [0.5, 0.6) is 0 Å². The van der Waals surface area contributed by atoms with Crippen LogP contribution in [0.2, 0.25) is 18.1 Å². The minimum absolute atomic E-state index is 0.208. The van der Waals surface area contributed by atoms with Crippen molar-refractivity contribution in [3.63, 3.8) is 0 Å². The van der Waals surface area contributed by atoms with Gasteiger partial charge in [0.2, 0.25) is 0 Å². The summed E-state index contributed by atoms with van der Waals surface area (Å²) >= 11 is 0. The van der Waals surface area contributed by atoms with E-state index in [0.717, 1.165) is 19.3 Å². The Morgan fingerprint density at radius 1 is 1.18 bits per heavy atom. The first-order valence-electron chi connectivity index (χ1n) is 8.74. The molecule has 0 aromatic rings. The van der Waals surface area contributed by atoms with Crippen molar-refractivity contribution in [2.45, 2.75) is 70.1 Å². The molecular weight excluding hydrogens is 296 g/mol. The maximum atomic E-state index is 9.97. The summed E-state index contributed by atoms with van der Waals surface area (Å²) in [4.78, 5) is 0. The fourth-order valence-corrected chi connectivity index (χ4v) is 5.73. The van der Waals surface area contributed by atoms with Crippen molar-refractivity contribution >= 4 is 8.32 Å². The van der Waals surface area contributed by atoms with Crippen molar-refractivity contribution in [3.05, 3.63) is 0 Å². The standard InChI is InChI=1S/C17H32O4Si/c1-16(2,3)22(4,5)21-15-8-12-9-17(19-6-7-20-17)10-13(12)14(15)11-18/h12-15,18H,6-11H2,1-5H3/t12-,13+,14-,15-/m0/s1. The fourth-order valence-electron chi connectivity index (χ4n) is 4.34. The van der Waals surface area contributed by atoms with Crippen molar-refractivity contribution in [2.75, 3.05) is 19.8 Å². The second-order valence-corrected chi connectivity index (χ2v) is 13.7. The third-order valence-corrected chi connectivity index (χ3v) is 11.1. The molecule has 4 atom stereocenters. The molecule has 0 bridgehead atoms. The monoisotopic (exact) mass is 328 g/mol. The van der Waals surface area contributed by atoms with Gasteiger partial charge < -0.3 is 19.0 Å². The average Bonchev–Trinajstić information content (AvgIpc) is 3.04. The van der Waals surface area contributed by atoms with Crippen LogP contribution in [0.3, 0.4) is 0 Å². The Kier molecular flexibility index (Phi) is 4.27. The zero-order valence-corrected chi connectivity index (χ0v) is 15.7. The molecule has 3 aliphatic rings. The number of aliphatic hydroxyl groups excluding tert-OH is 1. The maximum absolute atomic E-state index is 9.97. The Labute approximate surface area is 135 Å². The van der Waals surface area contributed by atoms with E-state index in [0.29, 0.717) is 25.0 Å². The van der Waals surface area contributed by atoms with Gasteiger partial charge in [0, 0.05) is 25.4 Å². The van der Waals surface area contributed by atoms with Crippen LogP contribution in [0.4, 0.5) is 0 Å². The maximum Gasteiger partial charge on any atom is 0.192 e. The van der Waals surface area contributed by atoms with Crippen LogP contribution in [0, 0.1) is 17.8 Å². The summed E-state index contributed by atoms with van der Waals surface area (Å²) in [7, 11) is -1.79. The highest BCUT2D eigenvalue weighted by atomic mass is 28.4. The van der Waals surface area contributed by atoms with Crippen molar-refractivity contribution in [1.82, 2.24) is 0 Å². The highest BCUT2D eigenvalue weighted by molar-refractivity contribution is 6.74. The van der Waals surface area contributed by atoms with Gasteiger partial charge in [-0.1, -0.05) is 20.8 Å². The molecule has 1 aliphatic heterocycles. The van der Waals surface area contributed by atoms with Crippen molar-refractivity contribution in [3.8, 4) is 0 Å². The number of hydrogen-bond acceptors (Lipinski definition) is 4. The molecule has 3 fully saturated rings. The average molecular weight is 329 g/mol. The molecule has 5 heteroatoms. The number of aliphatic hydroxyl groups is 1. The third kappa shape index (κ3) is 2.79. The Balaban J connectivity index is 1.70. The summed E-state index contributed by atoms with van der Waals surface area (Å²) in [6.45, 7) is 13.1. The first kappa shape index (κ1) is 16.9. The van der Waals surface area contributed by atoms with Crippen LogP contribution in [-0.2, 0) is 13.9 Å². The highest BCUT2D eigenvalue weighted by Crippen LogP contribution is 2.55. The predicted octanol–water partition coefficient (Wildman–Crippen LogP) is 3.16. The molecule has 22 heavy (non-hydrogen) atoms. The van der Waals surface area contributed by atoms with E-state index in [1.165, 1.54) is 0 Å². The van der Waals surface area contributed by atoms with Gasteiger partial charge in [0.05, 0.1) is 19.3 Å². The minimum atomic E-state index is -1.79. The molecule has 1 spiro atoms. The van der Waals surface area contributed by atoms with Crippen LogP contribution in [0.15, 0.2) is 0 Å². The van der Waals surface area contributed by atoms with Crippen molar-refractivity contribution in [1.29, 1.82) is 0 Å². The van der Waals surface area contributed by atoms with Gasteiger partial charge in [0.1, 0.15) is 0 Å². The number of ether oxygens (including phenoxy) is 2. The quantitative estimate of drug-likeness (QED) is 0.809. The Bertz CT molecular complexity index is 411. The van der Waals surface area contributed by atoms with Gasteiger partial charge in [0.15, 0.2) is 14.1 Å². The molecule has 1 heterocycles. The van der Waals surface area contributed by atoms with Crippen LogP contribution in [0.1, 0.15) is 40.0 Å². The van der Waals surface area contributed by atoms with Crippen LogP contribution in [0.25, 0.3) is 0 Å². The topological polar surface area (TPSA) is 47.9 Å². The van der Waals surface area contributed by atoms with Crippen LogP contribution in [-0.4, -0.2) is 45.1 Å². The molecule has 1 saturated heterocycles. The predicted molar refractivity (Wildman–Crippen MR) is 88.1 cm³/mol. The molecule has 0 amide bonds. The van der Waals surface area contributed by atoms with E-state index in [1.807, 2.05) is 0 Å². The molecule has 128 valence electrons. The first-order chi connectivity index (χ1) is 10.2. The normalized spacial score (nSPS) is 37.9. The zero-order chi connectivity index (χ0) is 16.2. The summed E-state index contributed by atoms with van der Waals surface area (Å²) in [6, 6.07) is 0. The SMILES string of the molecule is CC(C)(C)[Si](C)(C)O[C@H]1C[C@H]2CC3(C[C@H]2[C@@H]1CO)OCCO3. The van der Waals surface area contributed by atoms with E-state index in [4.69, 9.17) is 13.9 Å². The Hall–Kier alpha value is 0.0569. The number of fused-ring (bicyclic) bond motifs is 1. The molecule has 0 unspecified atom stereocenters. The van der Waals surface area contributed by atoms with Gasteiger partial charge in [-0.25, -0.2) is 0 Å². The molecule has 0 aromatic carbocycles. The lowest BCUT2D eigenvalue weighted by Crippen LogP contribution is -2.46. The van der Waals surface area contributed by atoms with Gasteiger partial charge >= 0.3 is 0 Å². The molecule has 3 rings (SSSR count). The largest absolute Gasteiger partial charge is 0.414 e. The Morgan fingerprint density at radius 3 is 2.36 bits per heavy atom. The van der Waals surface area contributed by atoms with Gasteiger partial charge in [-0.3, -0.25) is 0 Å². The molecule has 1 N–H and O–H groups in total. The van der Waals surface area contributed by atoms with E-state index in [9.17, 15) is 5.11 Å². The number of rotatable bonds is 3. The molecule has 0 radical (unpaired) electrons. The summed E-state index contributed by atoms with van der Waals surface area (Å²) in [5, 5.41) is 10.2. The summed E-state index contributed by atoms with van der Waals surface area (Å²) in [5.74, 6) is 0.958. The van der Waals surface area contributed by atoms with E-state index in [1.54, 1.807) is 0 Å². The van der Waals surface area contributed by atoms with Gasteiger partial charge in [-0.15, -0.1) is 0 Å².